The molecule has 0 aromatic heterocycles. The summed E-state index contributed by atoms with van der Waals surface area (Å²) in [6.45, 7) is 8.08. The van der Waals surface area contributed by atoms with Crippen LogP contribution in [0.5, 0.6) is 0 Å². The Hall–Kier alpha value is -2.70. The van der Waals surface area contributed by atoms with Gasteiger partial charge in [-0.3, -0.25) is 9.59 Å². The molecule has 2 aromatic rings. The molecular weight excluding hydrogens is 436 g/mol. The fourth-order valence-electron chi connectivity index (χ4n) is 7.11. The van der Waals surface area contributed by atoms with Crippen molar-refractivity contribution in [2.24, 2.45) is 0 Å². The van der Waals surface area contributed by atoms with Crippen LogP contribution in [0.3, 0.4) is 0 Å². The average Bonchev–Trinajstić information content (AvgIpc) is 3.30. The van der Waals surface area contributed by atoms with Crippen molar-refractivity contribution in [3.63, 3.8) is 0 Å². The van der Waals surface area contributed by atoms with Gasteiger partial charge in [-0.05, 0) is 77.1 Å². The molecule has 0 saturated carbocycles. The number of aryl methyl sites for hydroxylation is 2. The normalized spacial score (nSPS) is 27.9. The van der Waals surface area contributed by atoms with E-state index in [0.29, 0.717) is 11.8 Å². The van der Waals surface area contributed by atoms with Gasteiger partial charge in [0.1, 0.15) is 6.42 Å². The van der Waals surface area contributed by atoms with Crippen molar-refractivity contribution in [3.8, 4) is 0 Å². The van der Waals surface area contributed by atoms with Crippen molar-refractivity contribution in [2.75, 3.05) is 50.1 Å². The number of hydrogen-bond donors (Lipinski definition) is 0. The van der Waals surface area contributed by atoms with Crippen LogP contribution in [0.25, 0.3) is 0 Å². The molecular formula is C29H36N4O2. The van der Waals surface area contributed by atoms with Gasteiger partial charge < -0.3 is 19.6 Å². The maximum atomic E-state index is 13.8. The topological polar surface area (TPSA) is 47.1 Å². The molecule has 6 heteroatoms. The minimum atomic E-state index is -0.0707. The second-order valence-electron chi connectivity index (χ2n) is 11.3. The molecule has 35 heavy (non-hydrogen) atoms. The van der Waals surface area contributed by atoms with Gasteiger partial charge >= 0.3 is 0 Å². The molecule has 0 spiro atoms. The largest absolute Gasteiger partial charge is 0.308 e. The molecule has 0 bridgehead atoms. The predicted octanol–water partition coefficient (Wildman–Crippen LogP) is 3.66. The fourth-order valence-corrected chi connectivity index (χ4v) is 7.11. The van der Waals surface area contributed by atoms with Crippen LogP contribution in [0, 0.1) is 13.8 Å². The van der Waals surface area contributed by atoms with Crippen LogP contribution >= 0.6 is 0 Å². The summed E-state index contributed by atoms with van der Waals surface area (Å²) in [5.41, 5.74) is 6.98. The fraction of sp³-hybridized carbons (Fsp3) is 0.517. The number of hydrogen-bond acceptors (Lipinski definition) is 4. The monoisotopic (exact) mass is 472 g/mol. The Balaban J connectivity index is 1.29. The van der Waals surface area contributed by atoms with Crippen LogP contribution in [-0.2, 0) is 9.59 Å². The number of carbonyl (C=O) groups excluding carboxylic acids is 2. The van der Waals surface area contributed by atoms with E-state index in [1.165, 1.54) is 22.3 Å². The van der Waals surface area contributed by atoms with Crippen LogP contribution in [-0.4, -0.2) is 74.0 Å². The Bertz CT molecular complexity index is 1100. The van der Waals surface area contributed by atoms with Crippen LogP contribution in [0.15, 0.2) is 36.4 Å². The molecule has 4 aliphatic rings. The van der Waals surface area contributed by atoms with Gasteiger partial charge in [0.05, 0.1) is 0 Å². The highest BCUT2D eigenvalue weighted by Crippen LogP contribution is 2.47. The van der Waals surface area contributed by atoms with Crippen LogP contribution in [0.1, 0.15) is 53.4 Å². The zero-order valence-corrected chi connectivity index (χ0v) is 21.3. The number of likely N-dealkylation sites (tertiary alicyclic amines) is 2. The van der Waals surface area contributed by atoms with E-state index in [4.69, 9.17) is 0 Å². The first kappa shape index (κ1) is 22.7. The van der Waals surface area contributed by atoms with Crippen molar-refractivity contribution < 1.29 is 9.59 Å². The molecule has 0 aliphatic carbocycles. The van der Waals surface area contributed by atoms with E-state index in [1.54, 1.807) is 0 Å². The van der Waals surface area contributed by atoms with E-state index >= 15 is 0 Å². The van der Waals surface area contributed by atoms with Gasteiger partial charge in [0, 0.05) is 48.4 Å². The SMILES string of the molecule is Cc1ccc2c(c1)[C@H]1CN(C)CC[C@H]1N2C(=O)CC(=O)N1c2ccc(C)cc2[C@@H]2CN(C)CC[C@@H]21. The molecule has 0 radical (unpaired) electrons. The van der Waals surface area contributed by atoms with E-state index in [1.807, 2.05) is 9.80 Å². The van der Waals surface area contributed by atoms with Gasteiger partial charge in [-0.15, -0.1) is 0 Å². The van der Waals surface area contributed by atoms with E-state index in [0.717, 1.165) is 50.4 Å². The molecule has 2 saturated heterocycles. The lowest BCUT2D eigenvalue weighted by atomic mass is 9.88. The number of anilines is 2. The Labute approximate surface area is 208 Å². The van der Waals surface area contributed by atoms with E-state index in [9.17, 15) is 9.59 Å². The molecule has 0 unspecified atom stereocenters. The van der Waals surface area contributed by atoms with Crippen molar-refractivity contribution in [1.82, 2.24) is 9.80 Å². The average molecular weight is 473 g/mol. The molecule has 6 rings (SSSR count). The Morgan fingerprint density at radius 2 is 1.17 bits per heavy atom. The third-order valence-electron chi connectivity index (χ3n) is 8.75. The molecule has 2 fully saturated rings. The van der Waals surface area contributed by atoms with Gasteiger partial charge in [0.2, 0.25) is 11.8 Å². The van der Waals surface area contributed by atoms with E-state index in [2.05, 4.69) is 74.1 Å². The summed E-state index contributed by atoms with van der Waals surface area (Å²) >= 11 is 0. The number of piperidine rings is 2. The summed E-state index contributed by atoms with van der Waals surface area (Å²) in [6, 6.07) is 13.1. The van der Waals surface area contributed by atoms with Crippen LogP contribution < -0.4 is 9.80 Å². The second-order valence-corrected chi connectivity index (χ2v) is 11.3. The Morgan fingerprint density at radius 3 is 1.60 bits per heavy atom. The lowest BCUT2D eigenvalue weighted by Gasteiger charge is -2.38. The molecule has 4 aliphatic heterocycles. The molecule has 184 valence electrons. The summed E-state index contributed by atoms with van der Waals surface area (Å²) in [4.78, 5) is 36.3. The van der Waals surface area contributed by atoms with Gasteiger partial charge in [-0.25, -0.2) is 0 Å². The highest BCUT2D eigenvalue weighted by Gasteiger charge is 2.47. The maximum absolute atomic E-state index is 13.8. The van der Waals surface area contributed by atoms with Crippen LogP contribution in [0.4, 0.5) is 11.4 Å². The van der Waals surface area contributed by atoms with Crippen molar-refractivity contribution in [3.05, 3.63) is 58.7 Å². The summed E-state index contributed by atoms with van der Waals surface area (Å²) in [6.07, 6.45) is 1.81. The van der Waals surface area contributed by atoms with Crippen molar-refractivity contribution in [2.45, 2.75) is 57.0 Å². The Morgan fingerprint density at radius 1 is 0.743 bits per heavy atom. The lowest BCUT2D eigenvalue weighted by molar-refractivity contribution is -0.127. The van der Waals surface area contributed by atoms with Gasteiger partial charge in [0.25, 0.3) is 0 Å². The highest BCUT2D eigenvalue weighted by molar-refractivity contribution is 6.12. The van der Waals surface area contributed by atoms with E-state index < -0.39 is 0 Å². The second kappa shape index (κ2) is 8.45. The summed E-state index contributed by atoms with van der Waals surface area (Å²) < 4.78 is 0. The zero-order chi connectivity index (χ0) is 24.4. The third-order valence-corrected chi connectivity index (χ3v) is 8.75. The summed E-state index contributed by atoms with van der Waals surface area (Å²) in [5, 5.41) is 0. The standard InChI is InChI=1S/C29H36N4O2/c1-18-5-7-24-20(13-18)22-16-30(3)11-9-26(22)32(24)28(34)15-29(35)33-25-8-6-19(2)14-21(25)23-17-31(4)12-10-27(23)33/h5-8,13-14,22-23,26-27H,9-12,15-17H2,1-4H3/t22-,23+,26-,27+. The molecule has 0 N–H and O–H groups in total. The predicted molar refractivity (Wildman–Crippen MR) is 139 cm³/mol. The molecule has 6 nitrogen and oxygen atoms in total. The number of rotatable bonds is 2. The van der Waals surface area contributed by atoms with Gasteiger partial charge in [-0.2, -0.15) is 0 Å². The number of benzene rings is 2. The third kappa shape index (κ3) is 3.69. The molecule has 2 aromatic carbocycles. The number of amides is 2. The number of likely N-dealkylation sites (N-methyl/N-ethyl adjacent to an activating group) is 2. The zero-order valence-electron chi connectivity index (χ0n) is 21.3. The number of fused-ring (bicyclic) bond motifs is 6. The minimum Gasteiger partial charge on any atom is -0.308 e. The van der Waals surface area contributed by atoms with Crippen LogP contribution in [0.2, 0.25) is 0 Å². The number of carbonyl (C=O) groups is 2. The first-order valence-electron chi connectivity index (χ1n) is 13.0. The summed E-state index contributed by atoms with van der Waals surface area (Å²) in [7, 11) is 4.31. The lowest BCUT2D eigenvalue weighted by Crippen LogP contribution is -2.50. The molecule has 4 heterocycles. The first-order chi connectivity index (χ1) is 16.8. The molecule has 4 atom stereocenters. The number of nitrogens with zero attached hydrogens (tertiary/aromatic N) is 4. The first-order valence-corrected chi connectivity index (χ1v) is 13.0. The highest BCUT2D eigenvalue weighted by atomic mass is 16.2. The van der Waals surface area contributed by atoms with Crippen molar-refractivity contribution in [1.29, 1.82) is 0 Å². The smallest absolute Gasteiger partial charge is 0.236 e. The Kier molecular flexibility index (Phi) is 5.49. The van der Waals surface area contributed by atoms with Gasteiger partial charge in [0.15, 0.2) is 0 Å². The maximum Gasteiger partial charge on any atom is 0.236 e. The van der Waals surface area contributed by atoms with Crippen molar-refractivity contribution >= 4 is 23.2 Å². The quantitative estimate of drug-likeness (QED) is 0.626. The van der Waals surface area contributed by atoms with Gasteiger partial charge in [-0.1, -0.05) is 35.4 Å². The van der Waals surface area contributed by atoms with E-state index in [-0.39, 0.29) is 30.3 Å². The molecule has 2 amide bonds. The minimum absolute atomic E-state index is 0.0535. The summed E-state index contributed by atoms with van der Waals surface area (Å²) in [5.74, 6) is 0.525.